The van der Waals surface area contributed by atoms with Gasteiger partial charge in [0.05, 0.1) is 45.1 Å². The highest BCUT2D eigenvalue weighted by atomic mass is 19.4. The van der Waals surface area contributed by atoms with E-state index >= 15 is 13.2 Å². The zero-order chi connectivity index (χ0) is 46.7. The average molecular weight is 884 g/mol. The molecule has 3 aromatic heterocycles. The van der Waals surface area contributed by atoms with E-state index in [0.717, 1.165) is 55.2 Å². The maximum Gasteiger partial charge on any atom is 0.416 e. The molecule has 0 N–H and O–H groups in total. The Labute approximate surface area is 388 Å². The Kier molecular flexibility index (Phi) is 10.7. The lowest BCUT2D eigenvalue weighted by atomic mass is 9.85. The van der Waals surface area contributed by atoms with Crippen LogP contribution >= 0.6 is 0 Å². The van der Waals surface area contributed by atoms with Crippen LogP contribution < -0.4 is 0 Å². The van der Waals surface area contributed by atoms with Gasteiger partial charge in [0.25, 0.3) is 0 Å². The molecule has 0 amide bonds. The maximum absolute atomic E-state index is 15.8. The number of aromatic nitrogens is 5. The summed E-state index contributed by atoms with van der Waals surface area (Å²) in [7, 11) is 0. The predicted octanol–water partition coefficient (Wildman–Crippen LogP) is 16.0. The standard InChI is InChI=1S/C59H48F3N5/c1-57(2,3)41-27-29-52-44(31-41)45-32-42(58(4,5)6)28-30-53(45)67(52)54-46(50-35-48(37-19-11-7-12-20-37)63-55(65-50)39-23-15-9-16-24-39)33-43(59(60,61)62)34-47(54)51-36-49(38-21-13-8-14-22-38)64-56(66-51)40-25-17-10-18-26-40/h7-36H,1-6H3. The van der Waals surface area contributed by atoms with Crippen LogP contribution in [-0.2, 0) is 17.0 Å². The number of hydrogen-bond donors (Lipinski definition) is 0. The van der Waals surface area contributed by atoms with Crippen molar-refractivity contribution < 1.29 is 13.2 Å². The van der Waals surface area contributed by atoms with Crippen LogP contribution in [0.1, 0.15) is 58.2 Å². The van der Waals surface area contributed by atoms with E-state index in [2.05, 4.69) is 82.5 Å². The second kappa shape index (κ2) is 16.6. The second-order valence-electron chi connectivity index (χ2n) is 19.1. The molecule has 0 spiro atoms. The molecular formula is C59H48F3N5. The van der Waals surface area contributed by atoms with E-state index in [1.165, 1.54) is 12.1 Å². The van der Waals surface area contributed by atoms with Crippen molar-refractivity contribution in [3.63, 3.8) is 0 Å². The van der Waals surface area contributed by atoms with E-state index in [1.807, 2.05) is 121 Å². The monoisotopic (exact) mass is 883 g/mol. The fraction of sp³-hybridized carbons (Fsp3) is 0.153. The number of benzene rings is 7. The third-order valence-corrected chi connectivity index (χ3v) is 12.4. The lowest BCUT2D eigenvalue weighted by molar-refractivity contribution is -0.137. The highest BCUT2D eigenvalue weighted by molar-refractivity contribution is 6.11. The number of fused-ring (bicyclic) bond motifs is 3. The number of hydrogen-bond acceptors (Lipinski definition) is 4. The van der Waals surface area contributed by atoms with Gasteiger partial charge in [0.15, 0.2) is 11.6 Å². The van der Waals surface area contributed by atoms with Crippen LogP contribution in [0.2, 0.25) is 0 Å². The number of alkyl halides is 3. The molecule has 0 aliphatic carbocycles. The van der Waals surface area contributed by atoms with Crippen molar-refractivity contribution in [2.24, 2.45) is 0 Å². The van der Waals surface area contributed by atoms with Gasteiger partial charge < -0.3 is 4.57 Å². The fourth-order valence-electron chi connectivity index (χ4n) is 8.74. The van der Waals surface area contributed by atoms with Gasteiger partial charge in [-0.05, 0) is 70.5 Å². The molecule has 10 aromatic rings. The Bertz CT molecular complexity index is 3110. The van der Waals surface area contributed by atoms with Gasteiger partial charge in [-0.1, -0.05) is 175 Å². The summed E-state index contributed by atoms with van der Waals surface area (Å²) in [6.07, 6.45) is -4.75. The number of rotatable bonds is 7. The molecule has 0 fully saturated rings. The van der Waals surface area contributed by atoms with E-state index in [0.29, 0.717) is 40.1 Å². The molecule has 7 aromatic carbocycles. The molecule has 0 aliphatic heterocycles. The van der Waals surface area contributed by atoms with Crippen LogP contribution in [-0.4, -0.2) is 24.5 Å². The SMILES string of the molecule is CC(C)(C)c1ccc2c(c1)c1cc(C(C)(C)C)ccc1n2-c1c(-c2cc(-c3ccccc3)nc(-c3ccccc3)n2)cc(C(F)(F)F)cc1-c1cc(-c2ccccc2)nc(-c2ccccc2)n1. The Balaban J connectivity index is 1.41. The molecule has 0 saturated carbocycles. The topological polar surface area (TPSA) is 56.5 Å². The van der Waals surface area contributed by atoms with Gasteiger partial charge in [-0.3, -0.25) is 0 Å². The zero-order valence-corrected chi connectivity index (χ0v) is 38.2. The van der Waals surface area contributed by atoms with Gasteiger partial charge in [-0.25, -0.2) is 19.9 Å². The van der Waals surface area contributed by atoms with Gasteiger partial charge in [-0.15, -0.1) is 0 Å². The Morgan fingerprint density at radius 3 is 1.04 bits per heavy atom. The summed E-state index contributed by atoms with van der Waals surface area (Å²) in [5.41, 5.74) is 8.61. The van der Waals surface area contributed by atoms with Crippen LogP contribution in [0.3, 0.4) is 0 Å². The Morgan fingerprint density at radius 2 is 0.701 bits per heavy atom. The maximum atomic E-state index is 15.8. The first-order valence-corrected chi connectivity index (χ1v) is 22.5. The van der Waals surface area contributed by atoms with Crippen molar-refractivity contribution in [1.29, 1.82) is 0 Å². The minimum atomic E-state index is -4.75. The molecule has 0 aliphatic rings. The lowest BCUT2D eigenvalue weighted by Gasteiger charge is -2.23. The summed E-state index contributed by atoms with van der Waals surface area (Å²) >= 11 is 0. The van der Waals surface area contributed by atoms with Gasteiger partial charge in [0.2, 0.25) is 0 Å². The number of nitrogens with zero attached hydrogens (tertiary/aromatic N) is 5. The van der Waals surface area contributed by atoms with Gasteiger partial charge in [0.1, 0.15) is 0 Å². The van der Waals surface area contributed by atoms with E-state index in [-0.39, 0.29) is 22.0 Å². The van der Waals surface area contributed by atoms with E-state index < -0.39 is 11.7 Å². The summed E-state index contributed by atoms with van der Waals surface area (Å²) < 4.78 is 49.4. The van der Waals surface area contributed by atoms with Crippen LogP contribution in [0.4, 0.5) is 13.2 Å². The van der Waals surface area contributed by atoms with E-state index in [1.54, 1.807) is 12.1 Å². The number of halogens is 3. The van der Waals surface area contributed by atoms with Crippen molar-refractivity contribution >= 4 is 21.8 Å². The molecule has 0 bridgehead atoms. The first-order chi connectivity index (χ1) is 32.1. The van der Waals surface area contributed by atoms with Crippen molar-refractivity contribution in [2.75, 3.05) is 0 Å². The summed E-state index contributed by atoms with van der Waals surface area (Å²) in [6.45, 7) is 13.1. The molecule has 67 heavy (non-hydrogen) atoms. The molecule has 0 atom stereocenters. The average Bonchev–Trinajstić information content (AvgIpc) is 3.66. The van der Waals surface area contributed by atoms with E-state index in [4.69, 9.17) is 19.9 Å². The van der Waals surface area contributed by atoms with Crippen LogP contribution in [0, 0.1) is 0 Å². The summed E-state index contributed by atoms with van der Waals surface area (Å²) in [4.78, 5) is 20.4. The van der Waals surface area contributed by atoms with Crippen LogP contribution in [0.5, 0.6) is 0 Å². The largest absolute Gasteiger partial charge is 0.416 e. The molecule has 10 rings (SSSR count). The smallest absolute Gasteiger partial charge is 0.308 e. The molecule has 5 nitrogen and oxygen atoms in total. The third-order valence-electron chi connectivity index (χ3n) is 12.4. The first-order valence-electron chi connectivity index (χ1n) is 22.5. The van der Waals surface area contributed by atoms with Gasteiger partial charge in [-0.2, -0.15) is 13.2 Å². The van der Waals surface area contributed by atoms with E-state index in [9.17, 15) is 0 Å². The molecule has 330 valence electrons. The minimum Gasteiger partial charge on any atom is -0.308 e. The lowest BCUT2D eigenvalue weighted by Crippen LogP contribution is -2.11. The summed E-state index contributed by atoms with van der Waals surface area (Å²) in [5.74, 6) is 0.766. The highest BCUT2D eigenvalue weighted by Crippen LogP contribution is 2.47. The quantitative estimate of drug-likeness (QED) is 0.160. The van der Waals surface area contributed by atoms with Gasteiger partial charge in [0, 0.05) is 44.2 Å². The molecule has 0 unspecified atom stereocenters. The second-order valence-corrected chi connectivity index (χ2v) is 19.1. The highest BCUT2D eigenvalue weighted by Gasteiger charge is 2.35. The normalized spacial score (nSPS) is 12.3. The summed E-state index contributed by atoms with van der Waals surface area (Å²) in [6, 6.07) is 57.5. The molecule has 8 heteroatoms. The zero-order valence-electron chi connectivity index (χ0n) is 38.2. The molecule has 0 radical (unpaired) electrons. The van der Waals surface area contributed by atoms with Crippen molar-refractivity contribution in [3.8, 4) is 73.5 Å². The molecule has 0 saturated heterocycles. The molecule has 3 heterocycles. The molecular weight excluding hydrogens is 836 g/mol. The van der Waals surface area contributed by atoms with Crippen molar-refractivity contribution in [2.45, 2.75) is 58.5 Å². The third kappa shape index (κ3) is 8.40. The fourth-order valence-corrected chi connectivity index (χ4v) is 8.74. The van der Waals surface area contributed by atoms with Crippen molar-refractivity contribution in [3.05, 3.63) is 199 Å². The minimum absolute atomic E-state index is 0.180. The van der Waals surface area contributed by atoms with Gasteiger partial charge >= 0.3 is 6.18 Å². The Hall–Kier alpha value is -7.71. The summed E-state index contributed by atoms with van der Waals surface area (Å²) in [5, 5.41) is 1.97. The van der Waals surface area contributed by atoms with Crippen LogP contribution in [0.25, 0.3) is 95.3 Å². The van der Waals surface area contributed by atoms with Crippen LogP contribution in [0.15, 0.2) is 182 Å². The predicted molar refractivity (Wildman–Crippen MR) is 267 cm³/mol. The first kappa shape index (κ1) is 43.2. The van der Waals surface area contributed by atoms with Crippen molar-refractivity contribution in [1.82, 2.24) is 24.5 Å². The Morgan fingerprint density at radius 1 is 0.358 bits per heavy atom.